The Kier molecular flexibility index (Phi) is 7.56. The van der Waals surface area contributed by atoms with Gasteiger partial charge < -0.3 is 5.32 Å². The first-order chi connectivity index (χ1) is 17.4. The first kappa shape index (κ1) is 25.1. The molecule has 2 aromatic carbocycles. The number of benzene rings is 2. The maximum absolute atomic E-state index is 13.3. The number of hydrogen-bond acceptors (Lipinski definition) is 3. The van der Waals surface area contributed by atoms with E-state index in [9.17, 15) is 4.79 Å². The van der Waals surface area contributed by atoms with Crippen molar-refractivity contribution >= 4 is 69.4 Å². The van der Waals surface area contributed by atoms with Gasteiger partial charge in [-0.2, -0.15) is 0 Å². The number of rotatable bonds is 5. The van der Waals surface area contributed by atoms with Crippen LogP contribution >= 0.6 is 46.4 Å². The highest BCUT2D eigenvalue weighted by Crippen LogP contribution is 2.33. The van der Waals surface area contributed by atoms with Crippen LogP contribution in [0.5, 0.6) is 0 Å². The summed E-state index contributed by atoms with van der Waals surface area (Å²) in [5.41, 5.74) is 4.88. The van der Waals surface area contributed by atoms with Crippen molar-refractivity contribution in [1.82, 2.24) is 19.8 Å². The van der Waals surface area contributed by atoms with Crippen molar-refractivity contribution < 1.29 is 4.79 Å². The fourth-order valence-corrected chi connectivity index (χ4v) is 5.21. The summed E-state index contributed by atoms with van der Waals surface area (Å²) >= 11 is 24.5. The number of carbonyl (C=O) groups is 1. The van der Waals surface area contributed by atoms with E-state index in [1.807, 2.05) is 42.5 Å². The van der Waals surface area contributed by atoms with E-state index in [-0.39, 0.29) is 6.03 Å². The first-order valence-electron chi connectivity index (χ1n) is 11.4. The van der Waals surface area contributed by atoms with Crippen LogP contribution in [0.2, 0.25) is 20.2 Å². The fourth-order valence-electron chi connectivity index (χ4n) is 4.54. The van der Waals surface area contributed by atoms with E-state index in [2.05, 4.69) is 21.3 Å². The summed E-state index contributed by atoms with van der Waals surface area (Å²) in [4.78, 5) is 19.7. The minimum atomic E-state index is -0.176. The first-order valence-corrected chi connectivity index (χ1v) is 12.9. The summed E-state index contributed by atoms with van der Waals surface area (Å²) in [7, 11) is 0. The Bertz CT molecular complexity index is 1480. The molecule has 0 saturated carbocycles. The number of halogens is 4. The summed E-state index contributed by atoms with van der Waals surface area (Å²) in [6, 6.07) is 14.7. The minimum Gasteiger partial charge on any atom is -0.333 e. The van der Waals surface area contributed by atoms with Crippen LogP contribution in [-0.2, 0) is 19.5 Å². The van der Waals surface area contributed by atoms with Gasteiger partial charge in [0.05, 0.1) is 15.6 Å². The molecule has 0 bridgehead atoms. The highest BCUT2D eigenvalue weighted by Gasteiger charge is 2.26. The predicted octanol–water partition coefficient (Wildman–Crippen LogP) is 7.48. The smallest absolute Gasteiger partial charge is 0.326 e. The van der Waals surface area contributed by atoms with E-state index in [4.69, 9.17) is 46.4 Å². The molecule has 0 atom stereocenters. The van der Waals surface area contributed by atoms with E-state index < -0.39 is 0 Å². The zero-order chi connectivity index (χ0) is 25.2. The van der Waals surface area contributed by atoms with Crippen LogP contribution < -0.4 is 5.32 Å². The molecule has 0 spiro atoms. The molecule has 1 aliphatic rings. The SMILES string of the molecule is O=C(NCc1ccnc(Cl)c1)n1c2c(c3cc(Cl)ccc31)CN(C/C=C/c1ccc(Cl)c(Cl)c1)CC2. The van der Waals surface area contributed by atoms with Gasteiger partial charge in [0.25, 0.3) is 0 Å². The Morgan fingerprint density at radius 1 is 1.03 bits per heavy atom. The molecule has 1 amide bonds. The molecule has 36 heavy (non-hydrogen) atoms. The molecular weight excluding hydrogens is 538 g/mol. The zero-order valence-electron chi connectivity index (χ0n) is 19.1. The van der Waals surface area contributed by atoms with E-state index in [0.717, 1.165) is 59.3 Å². The van der Waals surface area contributed by atoms with E-state index >= 15 is 0 Å². The maximum atomic E-state index is 13.3. The second kappa shape index (κ2) is 10.8. The van der Waals surface area contributed by atoms with Crippen LogP contribution in [0.4, 0.5) is 4.79 Å². The molecule has 9 heteroatoms. The van der Waals surface area contributed by atoms with E-state index in [1.165, 1.54) is 0 Å². The number of fused-ring (bicyclic) bond motifs is 3. The fraction of sp³-hybridized carbons (Fsp3) is 0.185. The molecule has 0 saturated heterocycles. The molecule has 184 valence electrons. The van der Waals surface area contributed by atoms with Gasteiger partial charge >= 0.3 is 6.03 Å². The molecule has 3 heterocycles. The lowest BCUT2D eigenvalue weighted by Gasteiger charge is -2.27. The third-order valence-electron chi connectivity index (χ3n) is 6.24. The van der Waals surface area contributed by atoms with Crippen molar-refractivity contribution in [1.29, 1.82) is 0 Å². The monoisotopic (exact) mass is 558 g/mol. The average Bonchev–Trinajstić information content (AvgIpc) is 3.18. The van der Waals surface area contributed by atoms with Crippen LogP contribution in [0.25, 0.3) is 17.0 Å². The third kappa shape index (κ3) is 5.41. The average molecular weight is 560 g/mol. The lowest BCUT2D eigenvalue weighted by atomic mass is 10.0. The number of nitrogens with zero attached hydrogens (tertiary/aromatic N) is 3. The molecule has 5 rings (SSSR count). The Labute approximate surface area is 229 Å². The lowest BCUT2D eigenvalue weighted by Crippen LogP contribution is -2.34. The van der Waals surface area contributed by atoms with Gasteiger partial charge in [-0.1, -0.05) is 64.6 Å². The van der Waals surface area contributed by atoms with Crippen LogP contribution in [0.1, 0.15) is 22.4 Å². The summed E-state index contributed by atoms with van der Waals surface area (Å²) < 4.78 is 1.78. The van der Waals surface area contributed by atoms with E-state index in [1.54, 1.807) is 22.9 Å². The number of aromatic nitrogens is 2. The second-order valence-corrected chi connectivity index (χ2v) is 10.3. The standard InChI is InChI=1S/C27H22Cl4N4O/c28-19-4-6-24-20(14-19)21-16-34(10-1-2-17-3-5-22(29)23(30)12-17)11-8-25(21)35(24)27(36)33-15-18-7-9-32-26(31)13-18/h1-7,9,12-14H,8,10-11,15-16H2,(H,33,36)/b2-1+. The summed E-state index contributed by atoms with van der Waals surface area (Å²) in [6.07, 6.45) is 6.53. The quantitative estimate of drug-likeness (QED) is 0.258. The Morgan fingerprint density at radius 2 is 1.89 bits per heavy atom. The number of amides is 1. The number of nitrogens with one attached hydrogen (secondary N) is 1. The van der Waals surface area contributed by atoms with Crippen LogP contribution in [-0.4, -0.2) is 33.6 Å². The minimum absolute atomic E-state index is 0.176. The van der Waals surface area contributed by atoms with Crippen molar-refractivity contribution in [2.45, 2.75) is 19.5 Å². The highest BCUT2D eigenvalue weighted by atomic mass is 35.5. The normalized spacial score (nSPS) is 13.9. The van der Waals surface area contributed by atoms with Crippen molar-refractivity contribution in [3.63, 3.8) is 0 Å². The second-order valence-electron chi connectivity index (χ2n) is 8.63. The van der Waals surface area contributed by atoms with Gasteiger partial charge in [-0.3, -0.25) is 9.47 Å². The van der Waals surface area contributed by atoms with Crippen molar-refractivity contribution in [2.24, 2.45) is 0 Å². The van der Waals surface area contributed by atoms with Crippen molar-refractivity contribution in [3.8, 4) is 0 Å². The topological polar surface area (TPSA) is 50.2 Å². The molecule has 0 unspecified atom stereocenters. The highest BCUT2D eigenvalue weighted by molar-refractivity contribution is 6.42. The van der Waals surface area contributed by atoms with Gasteiger partial charge in [-0.15, -0.1) is 0 Å². The largest absolute Gasteiger partial charge is 0.333 e. The molecular formula is C27H22Cl4N4O. The van der Waals surface area contributed by atoms with Crippen LogP contribution in [0, 0.1) is 0 Å². The number of carbonyl (C=O) groups excluding carboxylic acids is 1. The lowest BCUT2D eigenvalue weighted by molar-refractivity contribution is 0.240. The van der Waals surface area contributed by atoms with Gasteiger partial charge in [0.1, 0.15) is 5.15 Å². The van der Waals surface area contributed by atoms with Gasteiger partial charge in [0, 0.05) is 54.9 Å². The molecule has 0 aliphatic carbocycles. The number of hydrogen-bond donors (Lipinski definition) is 1. The van der Waals surface area contributed by atoms with Gasteiger partial charge in [-0.05, 0) is 59.2 Å². The third-order valence-corrected chi connectivity index (χ3v) is 7.43. The summed E-state index contributed by atoms with van der Waals surface area (Å²) in [5.74, 6) is 0. The van der Waals surface area contributed by atoms with Gasteiger partial charge in [0.15, 0.2) is 0 Å². The Hall–Kier alpha value is -2.54. The van der Waals surface area contributed by atoms with Crippen molar-refractivity contribution in [2.75, 3.05) is 13.1 Å². The van der Waals surface area contributed by atoms with Crippen LogP contribution in [0.3, 0.4) is 0 Å². The molecule has 5 nitrogen and oxygen atoms in total. The molecule has 1 aliphatic heterocycles. The molecule has 0 fully saturated rings. The van der Waals surface area contributed by atoms with Crippen LogP contribution in [0.15, 0.2) is 60.8 Å². The summed E-state index contributed by atoms with van der Waals surface area (Å²) in [5, 5.41) is 6.14. The number of pyridine rings is 1. The molecule has 4 aromatic rings. The van der Waals surface area contributed by atoms with E-state index in [0.29, 0.717) is 26.8 Å². The molecule has 0 radical (unpaired) electrons. The predicted molar refractivity (Wildman–Crippen MR) is 148 cm³/mol. The Balaban J connectivity index is 1.36. The summed E-state index contributed by atoms with van der Waals surface area (Å²) in [6.45, 7) is 2.67. The van der Waals surface area contributed by atoms with Crippen molar-refractivity contribution in [3.05, 3.63) is 103 Å². The molecule has 2 aromatic heterocycles. The molecule has 1 N–H and O–H groups in total. The maximum Gasteiger partial charge on any atom is 0.326 e. The van der Waals surface area contributed by atoms with Gasteiger partial charge in [-0.25, -0.2) is 9.78 Å². The zero-order valence-corrected chi connectivity index (χ0v) is 22.2. The Morgan fingerprint density at radius 3 is 2.69 bits per heavy atom. The van der Waals surface area contributed by atoms with Gasteiger partial charge in [0.2, 0.25) is 0 Å².